The number of aromatic nitrogens is 4. The minimum Gasteiger partial charge on any atom is -0.379 e. The van der Waals surface area contributed by atoms with E-state index < -0.39 is 0 Å². The largest absolute Gasteiger partial charge is 0.379 e. The van der Waals surface area contributed by atoms with Gasteiger partial charge in [-0.3, -0.25) is 9.69 Å². The molecule has 0 bridgehead atoms. The maximum absolute atomic E-state index is 12.3. The van der Waals surface area contributed by atoms with Gasteiger partial charge in [-0.15, -0.1) is 5.10 Å². The monoisotopic (exact) mass is 318 g/mol. The molecule has 1 N–H and O–H groups in total. The molecule has 1 unspecified atom stereocenters. The summed E-state index contributed by atoms with van der Waals surface area (Å²) in [4.78, 5) is 18.9. The maximum atomic E-state index is 12.3. The van der Waals surface area contributed by atoms with Gasteiger partial charge in [0.15, 0.2) is 5.65 Å². The van der Waals surface area contributed by atoms with Gasteiger partial charge in [0.1, 0.15) is 5.52 Å². The molecule has 0 aromatic carbocycles. The molecule has 0 spiro atoms. The van der Waals surface area contributed by atoms with Crippen LogP contribution in [0.2, 0.25) is 0 Å². The van der Waals surface area contributed by atoms with Crippen molar-refractivity contribution in [2.45, 2.75) is 6.92 Å². The quantitative estimate of drug-likeness (QED) is 0.839. The second kappa shape index (κ2) is 7.01. The number of hydrogen-bond acceptors (Lipinski definition) is 6. The van der Waals surface area contributed by atoms with E-state index in [-0.39, 0.29) is 5.91 Å². The lowest BCUT2D eigenvalue weighted by atomic mass is 10.1. The minimum absolute atomic E-state index is 0.126. The molecule has 2 aromatic heterocycles. The fraction of sp³-hybridized carbons (Fsp3) is 0.600. The first-order valence-electron chi connectivity index (χ1n) is 7.87. The van der Waals surface area contributed by atoms with Crippen LogP contribution in [-0.2, 0) is 11.8 Å². The first kappa shape index (κ1) is 15.8. The molecule has 0 aliphatic carbocycles. The van der Waals surface area contributed by atoms with Gasteiger partial charge in [-0.25, -0.2) is 9.67 Å². The van der Waals surface area contributed by atoms with Crippen molar-refractivity contribution in [1.82, 2.24) is 30.2 Å². The van der Waals surface area contributed by atoms with Gasteiger partial charge in [0.05, 0.1) is 18.8 Å². The summed E-state index contributed by atoms with van der Waals surface area (Å²) < 4.78 is 6.93. The highest BCUT2D eigenvalue weighted by Gasteiger charge is 2.15. The van der Waals surface area contributed by atoms with Crippen LogP contribution in [0, 0.1) is 5.92 Å². The van der Waals surface area contributed by atoms with Crippen LogP contribution in [0.1, 0.15) is 17.3 Å². The Labute approximate surface area is 134 Å². The van der Waals surface area contributed by atoms with Crippen LogP contribution >= 0.6 is 0 Å². The van der Waals surface area contributed by atoms with E-state index in [1.54, 1.807) is 24.0 Å². The van der Waals surface area contributed by atoms with E-state index >= 15 is 0 Å². The molecule has 1 aliphatic heterocycles. The lowest BCUT2D eigenvalue weighted by molar-refractivity contribution is 0.0317. The molecule has 0 saturated carbocycles. The fourth-order valence-corrected chi connectivity index (χ4v) is 2.71. The van der Waals surface area contributed by atoms with Crippen LogP contribution in [0.5, 0.6) is 0 Å². The van der Waals surface area contributed by atoms with Crippen LogP contribution in [0.15, 0.2) is 12.3 Å². The lowest BCUT2D eigenvalue weighted by Crippen LogP contribution is -2.41. The molecule has 1 saturated heterocycles. The summed E-state index contributed by atoms with van der Waals surface area (Å²) in [5, 5.41) is 10.8. The Balaban J connectivity index is 1.53. The highest BCUT2D eigenvalue weighted by molar-refractivity contribution is 5.96. The number of nitrogens with zero attached hydrogens (tertiary/aromatic N) is 5. The average molecular weight is 318 g/mol. The van der Waals surface area contributed by atoms with Gasteiger partial charge in [0.25, 0.3) is 5.91 Å². The number of carbonyl (C=O) groups excluding carboxylic acids is 1. The van der Waals surface area contributed by atoms with Crippen molar-refractivity contribution in [1.29, 1.82) is 0 Å². The molecule has 0 radical (unpaired) electrons. The van der Waals surface area contributed by atoms with Gasteiger partial charge in [-0.1, -0.05) is 12.1 Å². The van der Waals surface area contributed by atoms with Crippen molar-refractivity contribution in [2.75, 3.05) is 39.4 Å². The van der Waals surface area contributed by atoms with Crippen LogP contribution in [0.4, 0.5) is 0 Å². The number of carbonyl (C=O) groups is 1. The normalized spacial score (nSPS) is 17.3. The zero-order chi connectivity index (χ0) is 16.2. The molecule has 1 fully saturated rings. The van der Waals surface area contributed by atoms with E-state index in [9.17, 15) is 4.79 Å². The highest BCUT2D eigenvalue weighted by Crippen LogP contribution is 2.09. The Bertz CT molecular complexity index is 680. The number of hydrogen-bond donors (Lipinski definition) is 1. The van der Waals surface area contributed by atoms with Crippen LogP contribution in [0.3, 0.4) is 0 Å². The minimum atomic E-state index is -0.126. The second-order valence-electron chi connectivity index (χ2n) is 6.01. The van der Waals surface area contributed by atoms with E-state index in [1.807, 2.05) is 0 Å². The van der Waals surface area contributed by atoms with Gasteiger partial charge in [-0.05, 0) is 12.0 Å². The number of amides is 1. The number of pyridine rings is 1. The van der Waals surface area contributed by atoms with Crippen molar-refractivity contribution in [3.63, 3.8) is 0 Å². The molecule has 1 amide bonds. The summed E-state index contributed by atoms with van der Waals surface area (Å²) in [7, 11) is 1.77. The molecule has 2 aromatic rings. The number of ether oxygens (including phenoxy) is 1. The topological polar surface area (TPSA) is 85.2 Å². The zero-order valence-electron chi connectivity index (χ0n) is 13.5. The van der Waals surface area contributed by atoms with E-state index in [0.29, 0.717) is 29.2 Å². The Kier molecular flexibility index (Phi) is 4.82. The first-order chi connectivity index (χ1) is 11.1. The molecule has 1 atom stereocenters. The van der Waals surface area contributed by atoms with Gasteiger partial charge >= 0.3 is 0 Å². The number of nitrogens with one attached hydrogen (secondary N) is 1. The zero-order valence-corrected chi connectivity index (χ0v) is 13.5. The summed E-state index contributed by atoms with van der Waals surface area (Å²) in [6, 6.07) is 1.72. The highest BCUT2D eigenvalue weighted by atomic mass is 16.5. The molecule has 8 nitrogen and oxygen atoms in total. The van der Waals surface area contributed by atoms with E-state index in [1.165, 1.54) is 0 Å². The van der Waals surface area contributed by atoms with Crippen LogP contribution in [0.25, 0.3) is 11.2 Å². The number of fused-ring (bicyclic) bond motifs is 1. The van der Waals surface area contributed by atoms with E-state index in [0.717, 1.165) is 32.8 Å². The first-order valence-corrected chi connectivity index (χ1v) is 7.87. The Morgan fingerprint density at radius 2 is 2.22 bits per heavy atom. The SMILES string of the molecule is CC(CNC(=O)c1cnc2c(c1)nnn2C)CN1CCOCC1. The van der Waals surface area contributed by atoms with Crippen molar-refractivity contribution >= 4 is 17.1 Å². The van der Waals surface area contributed by atoms with Gasteiger partial charge < -0.3 is 10.1 Å². The third-order valence-electron chi connectivity index (χ3n) is 3.99. The summed E-state index contributed by atoms with van der Waals surface area (Å²) in [6.07, 6.45) is 1.56. The predicted molar refractivity (Wildman–Crippen MR) is 85.1 cm³/mol. The third-order valence-corrected chi connectivity index (χ3v) is 3.99. The molecular weight excluding hydrogens is 296 g/mol. The molecule has 124 valence electrons. The maximum Gasteiger partial charge on any atom is 0.252 e. The van der Waals surface area contributed by atoms with Gasteiger partial charge in [-0.2, -0.15) is 0 Å². The molecule has 23 heavy (non-hydrogen) atoms. The fourth-order valence-electron chi connectivity index (χ4n) is 2.71. The number of morpholine rings is 1. The Hall–Kier alpha value is -2.06. The van der Waals surface area contributed by atoms with Crippen molar-refractivity contribution in [3.8, 4) is 0 Å². The molecule has 3 heterocycles. The van der Waals surface area contributed by atoms with Crippen molar-refractivity contribution in [2.24, 2.45) is 13.0 Å². The summed E-state index contributed by atoms with van der Waals surface area (Å²) in [5.41, 5.74) is 1.81. The number of rotatable bonds is 5. The molecular formula is C15H22N6O2. The molecule has 3 rings (SSSR count). The van der Waals surface area contributed by atoms with Crippen molar-refractivity contribution in [3.05, 3.63) is 17.8 Å². The summed E-state index contributed by atoms with van der Waals surface area (Å²) in [5.74, 6) is 0.254. The molecule has 1 aliphatic rings. The van der Waals surface area contributed by atoms with E-state index in [2.05, 4.69) is 32.4 Å². The summed E-state index contributed by atoms with van der Waals surface area (Å²) in [6.45, 7) is 7.25. The lowest BCUT2D eigenvalue weighted by Gasteiger charge is -2.29. The Morgan fingerprint density at radius 1 is 1.43 bits per heavy atom. The van der Waals surface area contributed by atoms with Crippen LogP contribution in [-0.4, -0.2) is 70.2 Å². The Morgan fingerprint density at radius 3 is 3.00 bits per heavy atom. The standard InChI is InChI=1S/C15H22N6O2/c1-11(10-21-3-5-23-6-4-21)8-17-15(22)12-7-13-14(16-9-12)20(2)19-18-13/h7,9,11H,3-6,8,10H2,1-2H3,(H,17,22). The molecule has 8 heteroatoms. The third kappa shape index (κ3) is 3.83. The van der Waals surface area contributed by atoms with E-state index in [4.69, 9.17) is 4.74 Å². The second-order valence-corrected chi connectivity index (χ2v) is 6.01. The van der Waals surface area contributed by atoms with Crippen LogP contribution < -0.4 is 5.32 Å². The predicted octanol–water partition coefficient (Wildman–Crippen LogP) is 0.0614. The van der Waals surface area contributed by atoms with Crippen molar-refractivity contribution < 1.29 is 9.53 Å². The smallest absolute Gasteiger partial charge is 0.252 e. The summed E-state index contributed by atoms with van der Waals surface area (Å²) >= 11 is 0. The number of aryl methyl sites for hydroxylation is 1. The van der Waals surface area contributed by atoms with Gasteiger partial charge in [0, 0.05) is 39.4 Å². The van der Waals surface area contributed by atoms with Gasteiger partial charge in [0.2, 0.25) is 0 Å². The average Bonchev–Trinajstić information content (AvgIpc) is 2.94.